The number of aromatic hydroxyl groups is 1. The van der Waals surface area contributed by atoms with Crippen molar-refractivity contribution in [3.63, 3.8) is 0 Å². The van der Waals surface area contributed by atoms with Gasteiger partial charge in [-0.15, -0.1) is 0 Å². The van der Waals surface area contributed by atoms with Gasteiger partial charge in [0.05, 0.1) is 6.61 Å². The molecule has 4 heteroatoms. The van der Waals surface area contributed by atoms with E-state index in [1.54, 1.807) is 6.07 Å². The third-order valence-corrected chi connectivity index (χ3v) is 3.59. The molecule has 0 unspecified atom stereocenters. The fraction of sp³-hybridized carbons (Fsp3) is 0.250. The molecule has 0 radical (unpaired) electrons. The Morgan fingerprint density at radius 2 is 2.00 bits per heavy atom. The normalized spacial score (nSPS) is 10.3. The van der Waals surface area contributed by atoms with Gasteiger partial charge in [0.1, 0.15) is 0 Å². The number of phenols is 1. The van der Waals surface area contributed by atoms with Crippen molar-refractivity contribution in [3.8, 4) is 11.5 Å². The van der Waals surface area contributed by atoms with E-state index in [9.17, 15) is 5.11 Å². The van der Waals surface area contributed by atoms with Crippen molar-refractivity contribution >= 4 is 21.6 Å². The smallest absolute Gasteiger partial charge is 0.161 e. The van der Waals surface area contributed by atoms with Crippen molar-refractivity contribution in [3.05, 3.63) is 52.0 Å². The van der Waals surface area contributed by atoms with Crippen molar-refractivity contribution in [1.82, 2.24) is 0 Å². The number of anilines is 1. The Morgan fingerprint density at radius 3 is 2.70 bits per heavy atom. The number of nitrogens with one attached hydrogen (secondary N) is 1. The van der Waals surface area contributed by atoms with Crippen molar-refractivity contribution in [2.75, 3.05) is 11.9 Å². The van der Waals surface area contributed by atoms with E-state index in [1.165, 1.54) is 5.56 Å². The van der Waals surface area contributed by atoms with Gasteiger partial charge in [0.15, 0.2) is 11.5 Å². The third kappa shape index (κ3) is 3.67. The minimum atomic E-state index is 0.173. The summed E-state index contributed by atoms with van der Waals surface area (Å²) in [6.07, 6.45) is 0. The Hall–Kier alpha value is -1.68. The molecule has 2 aromatic carbocycles. The molecule has 0 saturated heterocycles. The van der Waals surface area contributed by atoms with Gasteiger partial charge in [-0.25, -0.2) is 0 Å². The van der Waals surface area contributed by atoms with Crippen LogP contribution >= 0.6 is 15.9 Å². The molecular formula is C16H18BrNO2. The summed E-state index contributed by atoms with van der Waals surface area (Å²) in [6, 6.07) is 11.6. The van der Waals surface area contributed by atoms with Crippen molar-refractivity contribution in [1.29, 1.82) is 0 Å². The number of rotatable bonds is 5. The van der Waals surface area contributed by atoms with Crippen LogP contribution in [-0.4, -0.2) is 11.7 Å². The van der Waals surface area contributed by atoms with Crippen LogP contribution in [0.3, 0.4) is 0 Å². The molecule has 0 heterocycles. The highest BCUT2D eigenvalue weighted by molar-refractivity contribution is 9.10. The molecule has 2 N–H and O–H groups in total. The molecule has 20 heavy (non-hydrogen) atoms. The zero-order valence-corrected chi connectivity index (χ0v) is 13.2. The summed E-state index contributed by atoms with van der Waals surface area (Å²) in [5, 5.41) is 13.0. The zero-order chi connectivity index (χ0) is 14.5. The van der Waals surface area contributed by atoms with Gasteiger partial charge in [-0.3, -0.25) is 0 Å². The molecule has 0 amide bonds. The molecular weight excluding hydrogens is 318 g/mol. The van der Waals surface area contributed by atoms with E-state index >= 15 is 0 Å². The van der Waals surface area contributed by atoms with Gasteiger partial charge >= 0.3 is 0 Å². The van der Waals surface area contributed by atoms with Gasteiger partial charge in [0, 0.05) is 16.7 Å². The molecule has 3 nitrogen and oxygen atoms in total. The summed E-state index contributed by atoms with van der Waals surface area (Å²) in [5.41, 5.74) is 3.31. The molecule has 0 bridgehead atoms. The third-order valence-electron chi connectivity index (χ3n) is 2.93. The lowest BCUT2D eigenvalue weighted by atomic mass is 10.2. The van der Waals surface area contributed by atoms with Gasteiger partial charge in [0.25, 0.3) is 0 Å². The number of phenolic OH excluding ortho intramolecular Hbond substituents is 1. The van der Waals surface area contributed by atoms with Crippen LogP contribution in [0, 0.1) is 6.92 Å². The van der Waals surface area contributed by atoms with E-state index in [0.717, 1.165) is 15.7 Å². The highest BCUT2D eigenvalue weighted by Gasteiger charge is 2.04. The van der Waals surface area contributed by atoms with Crippen LogP contribution in [0.1, 0.15) is 18.1 Å². The number of hydrogen-bond acceptors (Lipinski definition) is 3. The highest BCUT2D eigenvalue weighted by Crippen LogP contribution is 2.28. The summed E-state index contributed by atoms with van der Waals surface area (Å²) in [5.74, 6) is 0.696. The lowest BCUT2D eigenvalue weighted by Crippen LogP contribution is -2.01. The van der Waals surface area contributed by atoms with Crippen LogP contribution in [0.4, 0.5) is 5.69 Å². The molecule has 0 aliphatic heterocycles. The molecule has 0 spiro atoms. The summed E-state index contributed by atoms with van der Waals surface area (Å²) in [6.45, 7) is 5.16. The SMILES string of the molecule is CCOc1cc(CNc2ccc(C)cc2Br)ccc1O. The van der Waals surface area contributed by atoms with Crippen LogP contribution in [-0.2, 0) is 6.54 Å². The second-order valence-corrected chi connectivity index (χ2v) is 5.43. The van der Waals surface area contributed by atoms with Gasteiger partial charge in [-0.2, -0.15) is 0 Å². The first-order chi connectivity index (χ1) is 9.60. The Morgan fingerprint density at radius 1 is 1.20 bits per heavy atom. The fourth-order valence-corrected chi connectivity index (χ4v) is 2.53. The topological polar surface area (TPSA) is 41.5 Å². The maximum Gasteiger partial charge on any atom is 0.161 e. The second kappa shape index (κ2) is 6.66. The maximum atomic E-state index is 9.67. The quantitative estimate of drug-likeness (QED) is 0.846. The summed E-state index contributed by atoms with van der Waals surface area (Å²) in [4.78, 5) is 0. The van der Waals surface area contributed by atoms with E-state index in [-0.39, 0.29) is 5.75 Å². The predicted octanol–water partition coefficient (Wildman–Crippen LogP) is 4.47. The summed E-state index contributed by atoms with van der Waals surface area (Å²) in [7, 11) is 0. The highest BCUT2D eigenvalue weighted by atomic mass is 79.9. The number of ether oxygens (including phenoxy) is 1. The maximum absolute atomic E-state index is 9.67. The molecule has 2 rings (SSSR count). The lowest BCUT2D eigenvalue weighted by Gasteiger charge is -2.11. The first-order valence-electron chi connectivity index (χ1n) is 6.55. The van der Waals surface area contributed by atoms with Crippen molar-refractivity contribution in [2.24, 2.45) is 0 Å². The number of benzene rings is 2. The Balaban J connectivity index is 2.08. The minimum absolute atomic E-state index is 0.173. The second-order valence-electron chi connectivity index (χ2n) is 4.57. The largest absolute Gasteiger partial charge is 0.504 e. The van der Waals surface area contributed by atoms with E-state index < -0.39 is 0 Å². The molecule has 106 valence electrons. The van der Waals surface area contributed by atoms with Gasteiger partial charge in [0.2, 0.25) is 0 Å². The Labute approximate surface area is 127 Å². The van der Waals surface area contributed by atoms with E-state index in [2.05, 4.69) is 40.3 Å². The predicted molar refractivity (Wildman–Crippen MR) is 85.5 cm³/mol. The zero-order valence-electron chi connectivity index (χ0n) is 11.6. The molecule has 0 aliphatic carbocycles. The molecule has 0 aliphatic rings. The average molecular weight is 336 g/mol. The first-order valence-corrected chi connectivity index (χ1v) is 7.34. The van der Waals surface area contributed by atoms with E-state index in [0.29, 0.717) is 18.9 Å². The Bertz CT molecular complexity index is 599. The fourth-order valence-electron chi connectivity index (χ4n) is 1.90. The minimum Gasteiger partial charge on any atom is -0.504 e. The van der Waals surface area contributed by atoms with Crippen LogP contribution in [0.5, 0.6) is 11.5 Å². The number of hydrogen-bond donors (Lipinski definition) is 2. The van der Waals surface area contributed by atoms with Crippen LogP contribution in [0.15, 0.2) is 40.9 Å². The van der Waals surface area contributed by atoms with Crippen molar-refractivity contribution in [2.45, 2.75) is 20.4 Å². The van der Waals surface area contributed by atoms with Crippen LogP contribution < -0.4 is 10.1 Å². The Kier molecular flexibility index (Phi) is 4.90. The number of aryl methyl sites for hydroxylation is 1. The summed E-state index contributed by atoms with van der Waals surface area (Å²) >= 11 is 3.54. The molecule has 0 aromatic heterocycles. The molecule has 0 saturated carbocycles. The van der Waals surface area contributed by atoms with Crippen LogP contribution in [0.25, 0.3) is 0 Å². The first kappa shape index (κ1) is 14.7. The summed E-state index contributed by atoms with van der Waals surface area (Å²) < 4.78 is 6.42. The average Bonchev–Trinajstić information content (AvgIpc) is 2.41. The van der Waals surface area contributed by atoms with E-state index in [1.807, 2.05) is 25.1 Å². The molecule has 2 aromatic rings. The van der Waals surface area contributed by atoms with Gasteiger partial charge < -0.3 is 15.2 Å². The standard InChI is InChI=1S/C16H18BrNO2/c1-3-20-16-9-12(5-7-15(16)19)10-18-14-6-4-11(2)8-13(14)17/h4-9,18-19H,3,10H2,1-2H3. The van der Waals surface area contributed by atoms with Gasteiger partial charge in [-0.1, -0.05) is 12.1 Å². The molecule has 0 atom stereocenters. The van der Waals surface area contributed by atoms with Crippen molar-refractivity contribution < 1.29 is 9.84 Å². The molecule has 0 fully saturated rings. The monoisotopic (exact) mass is 335 g/mol. The van der Waals surface area contributed by atoms with E-state index in [4.69, 9.17) is 4.74 Å². The van der Waals surface area contributed by atoms with Crippen LogP contribution in [0.2, 0.25) is 0 Å². The number of halogens is 1. The van der Waals surface area contributed by atoms with Gasteiger partial charge in [-0.05, 0) is 65.2 Å². The lowest BCUT2D eigenvalue weighted by molar-refractivity contribution is 0.318.